The maximum absolute atomic E-state index is 13.2. The molecule has 27 heavy (non-hydrogen) atoms. The first-order valence-corrected chi connectivity index (χ1v) is 8.49. The summed E-state index contributed by atoms with van der Waals surface area (Å²) in [6.07, 6.45) is 1.05. The highest BCUT2D eigenvalue weighted by Crippen LogP contribution is 2.29. The summed E-state index contributed by atoms with van der Waals surface area (Å²) in [6.45, 7) is 8.06. The number of hydrogen-bond acceptors (Lipinski definition) is 2. The van der Waals surface area contributed by atoms with Crippen molar-refractivity contribution in [3.63, 3.8) is 0 Å². The van der Waals surface area contributed by atoms with Crippen LogP contribution in [0, 0.1) is 0 Å². The average molecular weight is 373 g/mol. The van der Waals surface area contributed by atoms with Crippen LogP contribution < -0.4 is 5.43 Å². The molecule has 0 fully saturated rings. The van der Waals surface area contributed by atoms with Gasteiger partial charge in [0.15, 0.2) is 5.43 Å². The van der Waals surface area contributed by atoms with E-state index in [4.69, 9.17) is 5.11 Å². The van der Waals surface area contributed by atoms with E-state index in [2.05, 4.69) is 6.58 Å². The SMILES string of the molecule is C=C(/C=C(\C)c1cc(=O)c(C(=O)O)cn1CCC)c1ccccc1C(F)F. The molecule has 0 bridgehead atoms. The zero-order valence-corrected chi connectivity index (χ0v) is 15.2. The lowest BCUT2D eigenvalue weighted by Gasteiger charge is -2.15. The van der Waals surface area contributed by atoms with Crippen LogP contribution in [0.25, 0.3) is 11.1 Å². The molecular weight excluding hydrogens is 352 g/mol. The normalized spacial score (nSPS) is 11.7. The molecule has 0 radical (unpaired) electrons. The number of carbonyl (C=O) groups is 1. The smallest absolute Gasteiger partial charge is 0.341 e. The Balaban J connectivity index is 2.52. The highest BCUT2D eigenvalue weighted by Gasteiger charge is 2.15. The molecule has 0 aliphatic heterocycles. The fraction of sp³-hybridized carbons (Fsp3) is 0.238. The summed E-state index contributed by atoms with van der Waals surface area (Å²) in [5.41, 5.74) is 0.866. The molecule has 6 heteroatoms. The van der Waals surface area contributed by atoms with Gasteiger partial charge in [0.25, 0.3) is 6.43 Å². The molecule has 0 saturated carbocycles. The number of carboxylic acids is 1. The van der Waals surface area contributed by atoms with Gasteiger partial charge in [-0.25, -0.2) is 13.6 Å². The van der Waals surface area contributed by atoms with Crippen LogP contribution >= 0.6 is 0 Å². The van der Waals surface area contributed by atoms with Crippen LogP contribution in [0.1, 0.15) is 53.9 Å². The number of alkyl halides is 2. The Morgan fingerprint density at radius 2 is 1.96 bits per heavy atom. The molecule has 0 amide bonds. The Kier molecular flexibility index (Phi) is 6.45. The number of carboxylic acid groups (broad SMARTS) is 1. The van der Waals surface area contributed by atoms with E-state index in [9.17, 15) is 18.4 Å². The summed E-state index contributed by atoms with van der Waals surface area (Å²) >= 11 is 0. The predicted octanol–water partition coefficient (Wildman–Crippen LogP) is 5.01. The van der Waals surface area contributed by atoms with Gasteiger partial charge in [0.2, 0.25) is 0 Å². The predicted molar refractivity (Wildman–Crippen MR) is 102 cm³/mol. The standard InChI is InChI=1S/C21H21F2NO3/c1-4-9-24-12-17(21(26)27)19(25)11-18(24)14(3)10-13(2)15-7-5-6-8-16(15)20(22)23/h5-8,10-12,20H,2,4,9H2,1,3H3,(H,26,27)/b14-10+. The summed E-state index contributed by atoms with van der Waals surface area (Å²) in [4.78, 5) is 23.3. The monoisotopic (exact) mass is 373 g/mol. The molecule has 0 atom stereocenters. The summed E-state index contributed by atoms with van der Waals surface area (Å²) in [5.74, 6) is -1.28. The molecule has 142 valence electrons. The molecule has 0 aliphatic carbocycles. The highest BCUT2D eigenvalue weighted by molar-refractivity contribution is 5.88. The first-order chi connectivity index (χ1) is 12.8. The van der Waals surface area contributed by atoms with Crippen LogP contribution in [-0.2, 0) is 6.54 Å². The van der Waals surface area contributed by atoms with Crippen molar-refractivity contribution in [1.82, 2.24) is 4.57 Å². The minimum absolute atomic E-state index is 0.112. The average Bonchev–Trinajstić information content (AvgIpc) is 2.62. The number of aromatic nitrogens is 1. The molecule has 1 N–H and O–H groups in total. The Morgan fingerprint density at radius 1 is 1.30 bits per heavy atom. The van der Waals surface area contributed by atoms with E-state index in [1.54, 1.807) is 35.8 Å². The summed E-state index contributed by atoms with van der Waals surface area (Å²) in [5, 5.41) is 9.15. The fourth-order valence-corrected chi connectivity index (χ4v) is 2.89. The number of aromatic carboxylic acids is 1. The molecule has 4 nitrogen and oxygen atoms in total. The summed E-state index contributed by atoms with van der Waals surface area (Å²) in [7, 11) is 0. The molecule has 0 aliphatic rings. The minimum Gasteiger partial charge on any atom is -0.477 e. The van der Waals surface area contributed by atoms with Gasteiger partial charge in [0.1, 0.15) is 5.56 Å². The summed E-state index contributed by atoms with van der Waals surface area (Å²) in [6, 6.07) is 7.38. The van der Waals surface area contributed by atoms with E-state index < -0.39 is 17.8 Å². The first kappa shape index (κ1) is 20.3. The van der Waals surface area contributed by atoms with E-state index in [0.29, 0.717) is 28.9 Å². The van der Waals surface area contributed by atoms with E-state index in [1.165, 1.54) is 18.3 Å². The number of pyridine rings is 1. The van der Waals surface area contributed by atoms with Crippen LogP contribution in [0.5, 0.6) is 0 Å². The fourth-order valence-electron chi connectivity index (χ4n) is 2.89. The molecule has 0 spiro atoms. The van der Waals surface area contributed by atoms with E-state index >= 15 is 0 Å². The van der Waals surface area contributed by atoms with Gasteiger partial charge in [0.05, 0.1) is 0 Å². The number of benzene rings is 1. The van der Waals surface area contributed by atoms with E-state index in [0.717, 1.165) is 6.42 Å². The zero-order valence-electron chi connectivity index (χ0n) is 15.2. The number of hydrogen-bond donors (Lipinski definition) is 1. The third kappa shape index (κ3) is 4.58. The van der Waals surface area contributed by atoms with E-state index in [1.807, 2.05) is 6.92 Å². The number of nitrogens with zero attached hydrogens (tertiary/aromatic N) is 1. The maximum Gasteiger partial charge on any atom is 0.341 e. The van der Waals surface area contributed by atoms with Crippen LogP contribution in [0.3, 0.4) is 0 Å². The lowest BCUT2D eigenvalue weighted by atomic mass is 9.98. The van der Waals surface area contributed by atoms with Crippen molar-refractivity contribution in [2.75, 3.05) is 0 Å². The van der Waals surface area contributed by atoms with Gasteiger partial charge >= 0.3 is 5.97 Å². The Hall–Kier alpha value is -3.02. The van der Waals surface area contributed by atoms with Crippen molar-refractivity contribution >= 4 is 17.1 Å². The topological polar surface area (TPSA) is 59.3 Å². The second-order valence-corrected chi connectivity index (χ2v) is 6.18. The largest absolute Gasteiger partial charge is 0.477 e. The number of rotatable bonds is 7. The van der Waals surface area contributed by atoms with Gasteiger partial charge in [-0.3, -0.25) is 4.79 Å². The van der Waals surface area contributed by atoms with Crippen LogP contribution in [-0.4, -0.2) is 15.6 Å². The van der Waals surface area contributed by atoms with Crippen molar-refractivity contribution < 1.29 is 18.7 Å². The van der Waals surface area contributed by atoms with Gasteiger partial charge < -0.3 is 9.67 Å². The molecular formula is C21H21F2NO3. The molecule has 2 aromatic rings. The first-order valence-electron chi connectivity index (χ1n) is 8.49. The minimum atomic E-state index is -2.63. The lowest BCUT2D eigenvalue weighted by Crippen LogP contribution is -2.19. The van der Waals surface area contributed by atoms with E-state index in [-0.39, 0.29) is 11.1 Å². The Bertz CT molecular complexity index is 958. The van der Waals surface area contributed by atoms with Crippen molar-refractivity contribution in [3.05, 3.63) is 81.8 Å². The van der Waals surface area contributed by atoms with Crippen molar-refractivity contribution in [1.29, 1.82) is 0 Å². The maximum atomic E-state index is 13.2. The highest BCUT2D eigenvalue weighted by atomic mass is 19.3. The van der Waals surface area contributed by atoms with Crippen molar-refractivity contribution in [3.8, 4) is 0 Å². The molecule has 1 aromatic heterocycles. The number of allylic oxidation sites excluding steroid dienone is 3. The molecule has 2 rings (SSSR count). The van der Waals surface area contributed by atoms with Crippen LogP contribution in [0.15, 0.2) is 54.0 Å². The molecule has 0 unspecified atom stereocenters. The molecule has 1 heterocycles. The lowest BCUT2D eigenvalue weighted by molar-refractivity contribution is 0.0694. The Labute approximate surface area is 156 Å². The Morgan fingerprint density at radius 3 is 2.56 bits per heavy atom. The summed E-state index contributed by atoms with van der Waals surface area (Å²) < 4.78 is 28.1. The van der Waals surface area contributed by atoms with Gasteiger partial charge in [-0.1, -0.05) is 37.8 Å². The number of aryl methyl sites for hydroxylation is 1. The second-order valence-electron chi connectivity index (χ2n) is 6.18. The van der Waals surface area contributed by atoms with Crippen LogP contribution in [0.2, 0.25) is 0 Å². The van der Waals surface area contributed by atoms with Crippen LogP contribution in [0.4, 0.5) is 8.78 Å². The van der Waals surface area contributed by atoms with Gasteiger partial charge in [-0.15, -0.1) is 0 Å². The van der Waals surface area contributed by atoms with Gasteiger partial charge in [0, 0.05) is 30.1 Å². The molecule has 1 aromatic carbocycles. The van der Waals surface area contributed by atoms with Crippen molar-refractivity contribution in [2.24, 2.45) is 0 Å². The third-order valence-corrected chi connectivity index (χ3v) is 4.16. The third-order valence-electron chi connectivity index (χ3n) is 4.16. The molecule has 0 saturated heterocycles. The second kappa shape index (κ2) is 8.58. The van der Waals surface area contributed by atoms with Gasteiger partial charge in [-0.05, 0) is 36.1 Å². The van der Waals surface area contributed by atoms with Crippen molar-refractivity contribution in [2.45, 2.75) is 33.2 Å². The zero-order chi connectivity index (χ0) is 20.1. The number of halogens is 2. The quantitative estimate of drug-likeness (QED) is 0.694. The van der Waals surface area contributed by atoms with Gasteiger partial charge in [-0.2, -0.15) is 0 Å².